The Balaban J connectivity index is 2.15. The van der Waals surface area contributed by atoms with Gasteiger partial charge in [0.05, 0.1) is 0 Å². The first-order chi connectivity index (χ1) is 11.2. The van der Waals surface area contributed by atoms with Gasteiger partial charge in [-0.25, -0.2) is 0 Å². The molecule has 1 aliphatic carbocycles. The Bertz CT molecular complexity index is 627. The summed E-state index contributed by atoms with van der Waals surface area (Å²) < 4.78 is 0. The van der Waals surface area contributed by atoms with Crippen molar-refractivity contribution in [2.45, 2.75) is 13.3 Å². The van der Waals surface area contributed by atoms with Crippen molar-refractivity contribution in [3.63, 3.8) is 0 Å². The molecule has 2 nitrogen and oxygen atoms in total. The van der Waals surface area contributed by atoms with E-state index in [1.807, 2.05) is 37.1 Å². The fraction of sp³-hybridized carbons (Fsp3) is 0.0952. The van der Waals surface area contributed by atoms with Gasteiger partial charge in [0, 0.05) is 5.92 Å². The van der Waals surface area contributed by atoms with Gasteiger partial charge in [-0.2, -0.15) is 0 Å². The van der Waals surface area contributed by atoms with Crippen LogP contribution in [0.5, 0.6) is 11.5 Å². The average molecular weight is 303 g/mol. The Labute approximate surface area is 138 Å². The van der Waals surface area contributed by atoms with Gasteiger partial charge in [-0.05, 0) is 73.1 Å². The van der Waals surface area contributed by atoms with Crippen molar-refractivity contribution in [2.24, 2.45) is 0 Å². The predicted octanol–water partition coefficient (Wildman–Crippen LogP) is 4.71. The van der Waals surface area contributed by atoms with Crippen molar-refractivity contribution < 1.29 is 10.2 Å². The van der Waals surface area contributed by atoms with Crippen molar-refractivity contribution in [3.8, 4) is 11.5 Å². The van der Waals surface area contributed by atoms with Crippen LogP contribution in [0.15, 0.2) is 54.1 Å². The van der Waals surface area contributed by atoms with E-state index in [0.717, 1.165) is 23.1 Å². The number of phenols is 2. The second-order valence-corrected chi connectivity index (χ2v) is 5.47. The third kappa shape index (κ3) is 3.42. The molecule has 0 amide bonds. The van der Waals surface area contributed by atoms with Gasteiger partial charge in [0.1, 0.15) is 11.5 Å². The lowest BCUT2D eigenvalue weighted by Crippen LogP contribution is -2.02. The van der Waals surface area contributed by atoms with Gasteiger partial charge in [0.15, 0.2) is 0 Å². The summed E-state index contributed by atoms with van der Waals surface area (Å²) in [6.07, 6.45) is 9.19. The molecule has 5 radical (unpaired) electrons. The number of benzene rings is 2. The molecule has 0 unspecified atom stereocenters. The Hall–Kier alpha value is -2.22. The Morgan fingerprint density at radius 3 is 1.57 bits per heavy atom. The molecule has 0 aromatic heterocycles. The van der Waals surface area contributed by atoms with Crippen LogP contribution in [-0.4, -0.2) is 10.2 Å². The number of hydrogen-bond donors (Lipinski definition) is 2. The third-order valence-electron chi connectivity index (χ3n) is 3.98. The zero-order valence-corrected chi connectivity index (χ0v) is 13.0. The first-order valence-electron chi connectivity index (χ1n) is 7.73. The quantitative estimate of drug-likeness (QED) is 0.858. The standard InChI is InChI=1S/C21H19O2/c1-2-20(15-5-3-4-6-15)21(16-7-11-18(22)12-8-16)17-9-13-19(23)14-10-17/h3-14,22-23H,2H2,1H3. The molecule has 115 valence electrons. The summed E-state index contributed by atoms with van der Waals surface area (Å²) in [5.41, 5.74) is 4.46. The molecular formula is C21H19O2. The number of rotatable bonds is 4. The zero-order chi connectivity index (χ0) is 16.2. The van der Waals surface area contributed by atoms with Crippen molar-refractivity contribution in [3.05, 3.63) is 96.8 Å². The van der Waals surface area contributed by atoms with E-state index in [-0.39, 0.29) is 11.5 Å². The lowest BCUT2D eigenvalue weighted by molar-refractivity contribution is 0.475. The summed E-state index contributed by atoms with van der Waals surface area (Å²) in [5.74, 6) is 1.71. The molecule has 2 aromatic rings. The van der Waals surface area contributed by atoms with Crippen LogP contribution in [0.25, 0.3) is 5.57 Å². The fourth-order valence-electron chi connectivity index (χ4n) is 2.87. The normalized spacial score (nSPS) is 14.8. The van der Waals surface area contributed by atoms with Crippen LogP contribution in [0.2, 0.25) is 0 Å². The molecule has 0 heterocycles. The third-order valence-corrected chi connectivity index (χ3v) is 3.98. The maximum atomic E-state index is 9.58. The number of phenolic OH excluding ortho intramolecular Hbond substituents is 2. The summed E-state index contributed by atoms with van der Waals surface area (Å²) in [4.78, 5) is 0. The van der Waals surface area contributed by atoms with E-state index in [2.05, 4.69) is 19.8 Å². The second kappa shape index (κ2) is 6.91. The van der Waals surface area contributed by atoms with Gasteiger partial charge >= 0.3 is 0 Å². The van der Waals surface area contributed by atoms with E-state index in [1.54, 1.807) is 24.3 Å². The van der Waals surface area contributed by atoms with Crippen molar-refractivity contribution in [2.75, 3.05) is 0 Å². The highest BCUT2D eigenvalue weighted by molar-refractivity contribution is 5.85. The first kappa shape index (κ1) is 15.7. The maximum absolute atomic E-state index is 9.58. The summed E-state index contributed by atoms with van der Waals surface area (Å²) in [6, 6.07) is 14.5. The summed E-state index contributed by atoms with van der Waals surface area (Å²) in [7, 11) is 0. The van der Waals surface area contributed by atoms with Gasteiger partial charge < -0.3 is 10.2 Å². The summed E-state index contributed by atoms with van der Waals surface area (Å²) in [5, 5.41) is 19.2. The van der Waals surface area contributed by atoms with Crippen LogP contribution in [-0.2, 0) is 0 Å². The molecule has 1 aliphatic rings. The highest BCUT2D eigenvalue weighted by Crippen LogP contribution is 2.39. The fourth-order valence-corrected chi connectivity index (χ4v) is 2.87. The zero-order valence-electron chi connectivity index (χ0n) is 13.0. The Kier molecular flexibility index (Phi) is 4.71. The largest absolute Gasteiger partial charge is 0.508 e. The van der Waals surface area contributed by atoms with Crippen LogP contribution in [0, 0.1) is 31.6 Å². The van der Waals surface area contributed by atoms with E-state index in [1.165, 1.54) is 11.5 Å². The topological polar surface area (TPSA) is 40.5 Å². The molecule has 1 saturated carbocycles. The minimum atomic E-state index is 0.255. The number of hydrogen-bond acceptors (Lipinski definition) is 2. The van der Waals surface area contributed by atoms with E-state index >= 15 is 0 Å². The van der Waals surface area contributed by atoms with Crippen LogP contribution in [0.4, 0.5) is 0 Å². The van der Waals surface area contributed by atoms with Gasteiger partial charge in [0.2, 0.25) is 0 Å². The van der Waals surface area contributed by atoms with Gasteiger partial charge in [-0.3, -0.25) is 0 Å². The smallest absolute Gasteiger partial charge is 0.115 e. The van der Waals surface area contributed by atoms with Crippen LogP contribution in [0.3, 0.4) is 0 Å². The van der Waals surface area contributed by atoms with E-state index in [4.69, 9.17) is 0 Å². The molecule has 1 fully saturated rings. The Morgan fingerprint density at radius 2 is 1.17 bits per heavy atom. The molecule has 23 heavy (non-hydrogen) atoms. The molecular weight excluding hydrogens is 284 g/mol. The number of aromatic hydroxyl groups is 2. The van der Waals surface area contributed by atoms with Crippen molar-refractivity contribution in [1.29, 1.82) is 0 Å². The molecule has 0 aliphatic heterocycles. The highest BCUT2D eigenvalue weighted by Gasteiger charge is 2.24. The minimum Gasteiger partial charge on any atom is -0.508 e. The van der Waals surface area contributed by atoms with E-state index in [9.17, 15) is 10.2 Å². The van der Waals surface area contributed by atoms with E-state index < -0.39 is 0 Å². The first-order valence-corrected chi connectivity index (χ1v) is 7.73. The Morgan fingerprint density at radius 1 is 0.739 bits per heavy atom. The summed E-state index contributed by atoms with van der Waals surface area (Å²) in [6.45, 7) is 2.14. The van der Waals surface area contributed by atoms with Crippen molar-refractivity contribution in [1.82, 2.24) is 0 Å². The molecule has 2 N–H and O–H groups in total. The van der Waals surface area contributed by atoms with E-state index in [0.29, 0.717) is 0 Å². The van der Waals surface area contributed by atoms with Crippen LogP contribution in [0.1, 0.15) is 24.5 Å². The molecule has 0 atom stereocenters. The molecule has 3 rings (SSSR count). The molecule has 2 heteroatoms. The minimum absolute atomic E-state index is 0.255. The van der Waals surface area contributed by atoms with Gasteiger partial charge in [-0.1, -0.05) is 36.8 Å². The molecule has 0 spiro atoms. The molecule has 0 bridgehead atoms. The lowest BCUT2D eigenvalue weighted by atomic mass is 9.84. The molecule has 2 aromatic carbocycles. The SMILES string of the molecule is CCC([C]1[CH][CH][CH][CH]1)=C(c1ccc(O)cc1)c1ccc(O)cc1. The van der Waals surface area contributed by atoms with Crippen molar-refractivity contribution >= 4 is 5.57 Å². The van der Waals surface area contributed by atoms with Crippen LogP contribution >= 0.6 is 0 Å². The maximum Gasteiger partial charge on any atom is 0.115 e. The number of allylic oxidation sites excluding steroid dienone is 1. The van der Waals surface area contributed by atoms with Gasteiger partial charge in [-0.15, -0.1) is 0 Å². The molecule has 0 saturated heterocycles. The highest BCUT2D eigenvalue weighted by atomic mass is 16.3. The average Bonchev–Trinajstić information content (AvgIpc) is 3.09. The summed E-state index contributed by atoms with van der Waals surface area (Å²) >= 11 is 0. The second-order valence-electron chi connectivity index (χ2n) is 5.47. The van der Waals surface area contributed by atoms with Gasteiger partial charge in [0.25, 0.3) is 0 Å². The lowest BCUT2D eigenvalue weighted by Gasteiger charge is -2.20. The predicted molar refractivity (Wildman–Crippen MR) is 93.0 cm³/mol. The monoisotopic (exact) mass is 303 g/mol. The van der Waals surface area contributed by atoms with Crippen LogP contribution < -0.4 is 0 Å².